The van der Waals surface area contributed by atoms with Gasteiger partial charge < -0.3 is 15.6 Å². The number of allylic oxidation sites excluding steroid dienone is 3. The second-order valence-electron chi connectivity index (χ2n) is 7.48. The molecule has 4 rings (SSSR count). The van der Waals surface area contributed by atoms with Crippen molar-refractivity contribution in [3.05, 3.63) is 59.6 Å². The monoisotopic (exact) mass is 417 g/mol. The van der Waals surface area contributed by atoms with E-state index in [0.717, 1.165) is 28.6 Å². The number of rotatable bonds is 4. The zero-order valence-electron chi connectivity index (χ0n) is 17.3. The SMILES string of the molecule is CN(C)C(=O)C1=CC=C(c2cnc(N)c(C(=O)Nc3nc4ccccc4[nH]3)n2)CCC1. The van der Waals surface area contributed by atoms with Crippen LogP contribution in [0.5, 0.6) is 0 Å². The fourth-order valence-corrected chi connectivity index (χ4v) is 3.41. The predicted octanol–water partition coefficient (Wildman–Crippen LogP) is 2.77. The van der Waals surface area contributed by atoms with E-state index < -0.39 is 5.91 Å². The van der Waals surface area contributed by atoms with Crippen molar-refractivity contribution in [3.8, 4) is 0 Å². The van der Waals surface area contributed by atoms with E-state index in [-0.39, 0.29) is 17.4 Å². The Morgan fingerprint density at radius 2 is 1.94 bits per heavy atom. The van der Waals surface area contributed by atoms with Crippen LogP contribution in [0.4, 0.5) is 11.8 Å². The minimum Gasteiger partial charge on any atom is -0.382 e. The molecule has 1 aromatic carbocycles. The van der Waals surface area contributed by atoms with Crippen molar-refractivity contribution in [2.75, 3.05) is 25.1 Å². The number of nitrogen functional groups attached to an aromatic ring is 1. The molecule has 0 saturated carbocycles. The summed E-state index contributed by atoms with van der Waals surface area (Å²) < 4.78 is 0. The first-order valence-corrected chi connectivity index (χ1v) is 9.93. The number of H-pyrrole nitrogens is 1. The molecule has 0 fully saturated rings. The summed E-state index contributed by atoms with van der Waals surface area (Å²) in [6.45, 7) is 0. The minimum absolute atomic E-state index is 0.00760. The molecule has 0 radical (unpaired) electrons. The van der Waals surface area contributed by atoms with Gasteiger partial charge in [0, 0.05) is 19.7 Å². The maximum atomic E-state index is 12.8. The summed E-state index contributed by atoms with van der Waals surface area (Å²) in [4.78, 5) is 42.6. The summed E-state index contributed by atoms with van der Waals surface area (Å²) in [5, 5.41) is 2.70. The molecule has 0 saturated heterocycles. The van der Waals surface area contributed by atoms with Crippen LogP contribution in [0.25, 0.3) is 16.6 Å². The molecule has 0 bridgehead atoms. The number of fused-ring (bicyclic) bond motifs is 1. The Labute approximate surface area is 179 Å². The number of nitrogens with zero attached hydrogens (tertiary/aromatic N) is 4. The Kier molecular flexibility index (Phi) is 5.48. The first-order valence-electron chi connectivity index (χ1n) is 9.93. The quantitative estimate of drug-likeness (QED) is 0.598. The van der Waals surface area contributed by atoms with Crippen LogP contribution < -0.4 is 11.1 Å². The smallest absolute Gasteiger partial charge is 0.280 e. The summed E-state index contributed by atoms with van der Waals surface area (Å²) in [5.41, 5.74) is 9.69. The lowest BCUT2D eigenvalue weighted by molar-refractivity contribution is -0.124. The molecule has 2 amide bonds. The first-order chi connectivity index (χ1) is 14.9. The van der Waals surface area contributed by atoms with Gasteiger partial charge in [-0.1, -0.05) is 24.3 Å². The molecule has 4 N–H and O–H groups in total. The largest absolute Gasteiger partial charge is 0.382 e. The summed E-state index contributed by atoms with van der Waals surface area (Å²) in [7, 11) is 3.47. The molecule has 0 aliphatic heterocycles. The standard InChI is InChI=1S/C22H23N7O2/c1-29(2)21(31)14-7-5-6-13(10-11-14)17-12-24-19(23)18(25-17)20(30)28-22-26-15-8-3-4-9-16(15)27-22/h3-4,8-12H,5-7H2,1-2H3,(H2,23,24)(H2,26,27,28,30). The Balaban J connectivity index is 1.59. The third-order valence-electron chi connectivity index (χ3n) is 5.02. The number of likely N-dealkylation sites (N-methyl/N-ethyl adjacent to an activating group) is 1. The van der Waals surface area contributed by atoms with Crippen LogP contribution >= 0.6 is 0 Å². The van der Waals surface area contributed by atoms with Gasteiger partial charge in [-0.05, 0) is 37.0 Å². The van der Waals surface area contributed by atoms with E-state index in [4.69, 9.17) is 5.73 Å². The van der Waals surface area contributed by atoms with Crippen molar-refractivity contribution in [3.63, 3.8) is 0 Å². The second-order valence-corrected chi connectivity index (χ2v) is 7.48. The third-order valence-corrected chi connectivity index (χ3v) is 5.02. The number of aromatic nitrogens is 4. The van der Waals surface area contributed by atoms with Crippen molar-refractivity contribution in [2.45, 2.75) is 19.3 Å². The number of carbonyl (C=O) groups excluding carboxylic acids is 2. The molecule has 31 heavy (non-hydrogen) atoms. The number of nitrogens with one attached hydrogen (secondary N) is 2. The predicted molar refractivity (Wildman–Crippen MR) is 119 cm³/mol. The molecule has 9 nitrogen and oxygen atoms in total. The van der Waals surface area contributed by atoms with Crippen LogP contribution in [-0.2, 0) is 4.79 Å². The fourth-order valence-electron chi connectivity index (χ4n) is 3.41. The Hall–Kier alpha value is -4.01. The number of carbonyl (C=O) groups is 2. The summed E-state index contributed by atoms with van der Waals surface area (Å²) in [5.74, 6) is -0.169. The van der Waals surface area contributed by atoms with E-state index in [9.17, 15) is 9.59 Å². The molecule has 2 aromatic heterocycles. The summed E-state index contributed by atoms with van der Waals surface area (Å²) in [6, 6.07) is 7.46. The fraction of sp³-hybridized carbons (Fsp3) is 0.227. The van der Waals surface area contributed by atoms with E-state index in [0.29, 0.717) is 24.5 Å². The average molecular weight is 417 g/mol. The van der Waals surface area contributed by atoms with Gasteiger partial charge in [0.1, 0.15) is 0 Å². The molecule has 0 spiro atoms. The van der Waals surface area contributed by atoms with Crippen LogP contribution in [0.1, 0.15) is 35.4 Å². The second kappa shape index (κ2) is 8.39. The molecule has 158 valence electrons. The lowest BCUT2D eigenvalue weighted by atomic mass is 10.1. The Morgan fingerprint density at radius 1 is 1.13 bits per heavy atom. The molecule has 1 aliphatic rings. The molecule has 0 atom stereocenters. The van der Waals surface area contributed by atoms with Crippen molar-refractivity contribution in [1.29, 1.82) is 0 Å². The van der Waals surface area contributed by atoms with Gasteiger partial charge in [0.05, 0.1) is 22.9 Å². The topological polar surface area (TPSA) is 130 Å². The summed E-state index contributed by atoms with van der Waals surface area (Å²) in [6.07, 6.45) is 7.42. The molecule has 3 aromatic rings. The number of anilines is 2. The summed E-state index contributed by atoms with van der Waals surface area (Å²) >= 11 is 0. The molecule has 9 heteroatoms. The number of hydrogen-bond donors (Lipinski definition) is 3. The van der Waals surface area contributed by atoms with E-state index >= 15 is 0 Å². The molecule has 1 aliphatic carbocycles. The maximum absolute atomic E-state index is 12.8. The van der Waals surface area contributed by atoms with Crippen LogP contribution in [-0.4, -0.2) is 50.7 Å². The normalized spacial score (nSPS) is 13.9. The number of amides is 2. The minimum atomic E-state index is -0.501. The van der Waals surface area contributed by atoms with Gasteiger partial charge in [-0.2, -0.15) is 0 Å². The highest BCUT2D eigenvalue weighted by molar-refractivity contribution is 6.05. The van der Waals surface area contributed by atoms with Crippen molar-refractivity contribution in [1.82, 2.24) is 24.8 Å². The Bertz CT molecular complexity index is 1190. The maximum Gasteiger partial charge on any atom is 0.280 e. The van der Waals surface area contributed by atoms with Gasteiger partial charge in [-0.25, -0.2) is 15.0 Å². The van der Waals surface area contributed by atoms with Crippen molar-refractivity contribution >= 4 is 40.2 Å². The van der Waals surface area contributed by atoms with E-state index in [1.165, 1.54) is 0 Å². The number of imidazole rings is 1. The van der Waals surface area contributed by atoms with E-state index in [1.807, 2.05) is 36.4 Å². The van der Waals surface area contributed by atoms with Gasteiger partial charge >= 0.3 is 0 Å². The van der Waals surface area contributed by atoms with Crippen LogP contribution in [0.2, 0.25) is 0 Å². The Morgan fingerprint density at radius 3 is 2.71 bits per heavy atom. The van der Waals surface area contributed by atoms with Gasteiger partial charge in [-0.3, -0.25) is 14.9 Å². The lowest BCUT2D eigenvalue weighted by Crippen LogP contribution is -2.23. The zero-order chi connectivity index (χ0) is 22.0. The van der Waals surface area contributed by atoms with Gasteiger partial charge in [0.2, 0.25) is 11.9 Å². The highest BCUT2D eigenvalue weighted by atomic mass is 16.2. The number of nitrogens with two attached hydrogens (primary N) is 1. The van der Waals surface area contributed by atoms with Gasteiger partial charge in [-0.15, -0.1) is 0 Å². The van der Waals surface area contributed by atoms with Crippen molar-refractivity contribution in [2.24, 2.45) is 0 Å². The molecular formula is C22H23N7O2. The molecular weight excluding hydrogens is 394 g/mol. The highest BCUT2D eigenvalue weighted by Crippen LogP contribution is 2.26. The lowest BCUT2D eigenvalue weighted by Gasteiger charge is -2.12. The van der Waals surface area contributed by atoms with Gasteiger partial charge in [0.25, 0.3) is 5.91 Å². The van der Waals surface area contributed by atoms with Crippen molar-refractivity contribution < 1.29 is 9.59 Å². The number of hydrogen-bond acceptors (Lipinski definition) is 6. The van der Waals surface area contributed by atoms with Gasteiger partial charge in [0.15, 0.2) is 11.5 Å². The highest BCUT2D eigenvalue weighted by Gasteiger charge is 2.19. The third kappa shape index (κ3) is 4.30. The first kappa shape index (κ1) is 20.3. The molecule has 2 heterocycles. The number of benzene rings is 1. The number of aromatic amines is 1. The van der Waals surface area contributed by atoms with Crippen LogP contribution in [0.15, 0.2) is 48.2 Å². The molecule has 0 unspecified atom stereocenters. The van der Waals surface area contributed by atoms with E-state index in [2.05, 4.69) is 25.3 Å². The van der Waals surface area contributed by atoms with Crippen LogP contribution in [0, 0.1) is 0 Å². The number of para-hydroxylation sites is 2. The van der Waals surface area contributed by atoms with E-state index in [1.54, 1.807) is 25.2 Å². The average Bonchev–Trinajstić information content (AvgIpc) is 3.00. The zero-order valence-corrected chi connectivity index (χ0v) is 17.3. The van der Waals surface area contributed by atoms with Crippen LogP contribution in [0.3, 0.4) is 0 Å².